The molecular formula is C13H18N4O4. The highest BCUT2D eigenvalue weighted by atomic mass is 16.6. The lowest BCUT2D eigenvalue weighted by Gasteiger charge is -2.38. The van der Waals surface area contributed by atoms with Crippen LogP contribution in [0.3, 0.4) is 0 Å². The number of aromatic nitrogens is 1. The summed E-state index contributed by atoms with van der Waals surface area (Å²) in [6, 6.07) is 2.87. The SMILES string of the molecule is COC(=O)c1ccc([N+](=O)[O-])c(N2CCN(C)C(C)C2)n1. The van der Waals surface area contributed by atoms with Gasteiger partial charge in [-0.1, -0.05) is 0 Å². The lowest BCUT2D eigenvalue weighted by Crippen LogP contribution is -2.50. The molecule has 0 spiro atoms. The number of piperazine rings is 1. The maximum absolute atomic E-state index is 11.6. The maximum Gasteiger partial charge on any atom is 0.356 e. The van der Waals surface area contributed by atoms with E-state index < -0.39 is 10.9 Å². The highest BCUT2D eigenvalue weighted by Crippen LogP contribution is 2.28. The molecule has 1 unspecified atom stereocenters. The Balaban J connectivity index is 2.39. The summed E-state index contributed by atoms with van der Waals surface area (Å²) in [5, 5.41) is 11.2. The number of likely N-dealkylation sites (N-methyl/N-ethyl adjacent to an activating group) is 1. The highest BCUT2D eigenvalue weighted by Gasteiger charge is 2.28. The Bertz CT molecular complexity index is 563. The van der Waals surface area contributed by atoms with Crippen molar-refractivity contribution in [3.63, 3.8) is 0 Å². The number of nitrogens with zero attached hydrogens (tertiary/aromatic N) is 4. The van der Waals surface area contributed by atoms with Crippen LogP contribution in [0.25, 0.3) is 0 Å². The summed E-state index contributed by atoms with van der Waals surface area (Å²) in [4.78, 5) is 30.4. The minimum atomic E-state index is -0.603. The number of ether oxygens (including phenoxy) is 1. The van der Waals surface area contributed by atoms with Crippen LogP contribution in [0.4, 0.5) is 11.5 Å². The molecule has 0 saturated carbocycles. The van der Waals surface area contributed by atoms with E-state index in [-0.39, 0.29) is 23.2 Å². The molecule has 0 aliphatic carbocycles. The molecule has 1 saturated heterocycles. The normalized spacial score (nSPS) is 19.4. The minimum Gasteiger partial charge on any atom is -0.464 e. The number of hydrogen-bond donors (Lipinski definition) is 0. The lowest BCUT2D eigenvalue weighted by molar-refractivity contribution is -0.384. The van der Waals surface area contributed by atoms with E-state index in [0.29, 0.717) is 13.1 Å². The third-order valence-corrected chi connectivity index (χ3v) is 3.70. The summed E-state index contributed by atoms with van der Waals surface area (Å²) in [6.07, 6.45) is 0. The van der Waals surface area contributed by atoms with Gasteiger partial charge in [0.2, 0.25) is 5.82 Å². The van der Waals surface area contributed by atoms with Gasteiger partial charge in [-0.05, 0) is 20.0 Å². The molecule has 0 aromatic carbocycles. The number of carbonyl (C=O) groups excluding carboxylic acids is 1. The summed E-state index contributed by atoms with van der Waals surface area (Å²) < 4.78 is 4.62. The van der Waals surface area contributed by atoms with E-state index in [1.165, 1.54) is 19.2 Å². The second kappa shape index (κ2) is 6.04. The van der Waals surface area contributed by atoms with Crippen LogP contribution in [0, 0.1) is 10.1 Å². The molecule has 2 heterocycles. The number of nitro groups is 1. The van der Waals surface area contributed by atoms with Crippen LogP contribution >= 0.6 is 0 Å². The summed E-state index contributed by atoms with van der Waals surface area (Å²) >= 11 is 0. The quantitative estimate of drug-likeness (QED) is 0.465. The lowest BCUT2D eigenvalue weighted by atomic mass is 10.2. The van der Waals surface area contributed by atoms with Crippen molar-refractivity contribution < 1.29 is 14.5 Å². The molecule has 8 heteroatoms. The van der Waals surface area contributed by atoms with E-state index in [9.17, 15) is 14.9 Å². The molecule has 1 aliphatic rings. The van der Waals surface area contributed by atoms with Gasteiger partial charge in [-0.2, -0.15) is 0 Å². The van der Waals surface area contributed by atoms with Gasteiger partial charge < -0.3 is 14.5 Å². The molecule has 0 N–H and O–H groups in total. The Hall–Kier alpha value is -2.22. The largest absolute Gasteiger partial charge is 0.464 e. The van der Waals surface area contributed by atoms with Crippen LogP contribution in [0.2, 0.25) is 0 Å². The van der Waals surface area contributed by atoms with Crippen molar-refractivity contribution in [3.8, 4) is 0 Å². The molecule has 1 aromatic rings. The van der Waals surface area contributed by atoms with Crippen molar-refractivity contribution in [3.05, 3.63) is 27.9 Å². The van der Waals surface area contributed by atoms with Crippen molar-refractivity contribution in [2.75, 3.05) is 38.7 Å². The van der Waals surface area contributed by atoms with Crippen LogP contribution in [-0.4, -0.2) is 60.6 Å². The van der Waals surface area contributed by atoms with E-state index in [1.807, 2.05) is 18.9 Å². The number of pyridine rings is 1. The van der Waals surface area contributed by atoms with Gasteiger partial charge in [-0.15, -0.1) is 0 Å². The molecule has 1 aliphatic heterocycles. The summed E-state index contributed by atoms with van der Waals surface area (Å²) in [5.74, 6) is -0.379. The predicted octanol–water partition coefficient (Wildman–Crippen LogP) is 0.917. The smallest absolute Gasteiger partial charge is 0.356 e. The van der Waals surface area contributed by atoms with Gasteiger partial charge in [-0.25, -0.2) is 9.78 Å². The molecule has 0 radical (unpaired) electrons. The van der Waals surface area contributed by atoms with Crippen molar-refractivity contribution in [2.24, 2.45) is 0 Å². The molecule has 1 atom stereocenters. The topological polar surface area (TPSA) is 88.8 Å². The standard InChI is InChI=1S/C13H18N4O4/c1-9-8-16(7-6-15(9)2)12-11(17(19)20)5-4-10(14-12)13(18)21-3/h4-5,9H,6-8H2,1-3H3. The number of methoxy groups -OCH3 is 1. The second-order valence-corrected chi connectivity index (χ2v) is 5.06. The van der Waals surface area contributed by atoms with Crippen molar-refractivity contribution >= 4 is 17.5 Å². The van der Waals surface area contributed by atoms with Crippen molar-refractivity contribution in [1.29, 1.82) is 0 Å². The number of esters is 1. The van der Waals surface area contributed by atoms with E-state index in [4.69, 9.17) is 0 Å². The van der Waals surface area contributed by atoms with Crippen LogP contribution < -0.4 is 4.90 Å². The predicted molar refractivity (Wildman–Crippen MR) is 76.5 cm³/mol. The first-order valence-electron chi connectivity index (χ1n) is 6.63. The summed E-state index contributed by atoms with van der Waals surface area (Å²) in [5.41, 5.74) is -0.0240. The first-order chi connectivity index (χ1) is 9.93. The summed E-state index contributed by atoms with van der Waals surface area (Å²) in [7, 11) is 3.26. The molecule has 1 aromatic heterocycles. The van der Waals surface area contributed by atoms with Crippen LogP contribution in [0.1, 0.15) is 17.4 Å². The van der Waals surface area contributed by atoms with Crippen LogP contribution in [0.5, 0.6) is 0 Å². The van der Waals surface area contributed by atoms with E-state index in [2.05, 4.69) is 14.6 Å². The zero-order chi connectivity index (χ0) is 15.6. The first-order valence-corrected chi connectivity index (χ1v) is 6.63. The average Bonchev–Trinajstić information content (AvgIpc) is 2.48. The van der Waals surface area contributed by atoms with Crippen LogP contribution in [0.15, 0.2) is 12.1 Å². The van der Waals surface area contributed by atoms with Gasteiger partial charge in [0.1, 0.15) is 0 Å². The Morgan fingerprint density at radius 2 is 2.19 bits per heavy atom. The van der Waals surface area contributed by atoms with Gasteiger partial charge in [-0.3, -0.25) is 10.1 Å². The number of rotatable bonds is 3. The van der Waals surface area contributed by atoms with E-state index in [0.717, 1.165) is 6.54 Å². The van der Waals surface area contributed by atoms with E-state index >= 15 is 0 Å². The Morgan fingerprint density at radius 1 is 1.48 bits per heavy atom. The molecule has 0 amide bonds. The van der Waals surface area contributed by atoms with Gasteiger partial charge >= 0.3 is 11.7 Å². The monoisotopic (exact) mass is 294 g/mol. The fourth-order valence-electron chi connectivity index (χ4n) is 2.28. The Kier molecular flexibility index (Phi) is 4.37. The van der Waals surface area contributed by atoms with Gasteiger partial charge in [0.25, 0.3) is 0 Å². The molecule has 0 bridgehead atoms. The number of hydrogen-bond acceptors (Lipinski definition) is 7. The zero-order valence-corrected chi connectivity index (χ0v) is 12.3. The Labute approximate surface area is 122 Å². The number of carbonyl (C=O) groups is 1. The maximum atomic E-state index is 11.6. The van der Waals surface area contributed by atoms with Crippen molar-refractivity contribution in [2.45, 2.75) is 13.0 Å². The second-order valence-electron chi connectivity index (χ2n) is 5.06. The minimum absolute atomic E-state index is 0.0738. The van der Waals surface area contributed by atoms with Crippen molar-refractivity contribution in [1.82, 2.24) is 9.88 Å². The molecular weight excluding hydrogens is 276 g/mol. The third-order valence-electron chi connectivity index (χ3n) is 3.70. The number of anilines is 1. The first kappa shape index (κ1) is 15.2. The zero-order valence-electron chi connectivity index (χ0n) is 12.3. The molecule has 114 valence electrons. The molecule has 1 fully saturated rings. The Morgan fingerprint density at radius 3 is 2.76 bits per heavy atom. The fourth-order valence-corrected chi connectivity index (χ4v) is 2.28. The van der Waals surface area contributed by atoms with Gasteiger partial charge in [0.15, 0.2) is 5.69 Å². The van der Waals surface area contributed by atoms with E-state index in [1.54, 1.807) is 0 Å². The molecule has 2 rings (SSSR count). The average molecular weight is 294 g/mol. The highest BCUT2D eigenvalue weighted by molar-refractivity contribution is 5.88. The summed E-state index contributed by atoms with van der Waals surface area (Å²) in [6.45, 7) is 4.07. The van der Waals surface area contributed by atoms with Gasteiger partial charge in [0.05, 0.1) is 12.0 Å². The van der Waals surface area contributed by atoms with Gasteiger partial charge in [0, 0.05) is 31.7 Å². The fraction of sp³-hybridized carbons (Fsp3) is 0.538. The van der Waals surface area contributed by atoms with Crippen LogP contribution in [-0.2, 0) is 4.74 Å². The molecule has 8 nitrogen and oxygen atoms in total. The molecule has 21 heavy (non-hydrogen) atoms. The third kappa shape index (κ3) is 3.10.